The molecular formula is C9H8BrClO3. The van der Waals surface area contributed by atoms with Crippen LogP contribution >= 0.6 is 27.5 Å². The van der Waals surface area contributed by atoms with Crippen LogP contribution in [0.5, 0.6) is 11.5 Å². The van der Waals surface area contributed by atoms with E-state index in [0.717, 1.165) is 0 Å². The molecule has 5 heteroatoms. The van der Waals surface area contributed by atoms with Crippen molar-refractivity contribution in [2.75, 3.05) is 0 Å². The van der Waals surface area contributed by atoms with E-state index in [2.05, 4.69) is 15.9 Å². The molecule has 14 heavy (non-hydrogen) atoms. The third-order valence-electron chi connectivity index (χ3n) is 1.74. The van der Waals surface area contributed by atoms with Crippen LogP contribution in [0.2, 0.25) is 0 Å². The second kappa shape index (κ2) is 4.66. The molecule has 0 radical (unpaired) electrons. The topological polar surface area (TPSA) is 57.5 Å². The van der Waals surface area contributed by atoms with Gasteiger partial charge in [-0.05, 0) is 22.0 Å². The molecule has 1 aromatic carbocycles. The van der Waals surface area contributed by atoms with Gasteiger partial charge in [0.2, 0.25) is 0 Å². The molecular weight excluding hydrogens is 271 g/mol. The second-order valence-electron chi connectivity index (χ2n) is 2.73. The van der Waals surface area contributed by atoms with E-state index in [9.17, 15) is 15.0 Å². The smallest absolute Gasteiger partial charge is 0.133 e. The number of benzene rings is 1. The molecule has 0 unspecified atom stereocenters. The summed E-state index contributed by atoms with van der Waals surface area (Å²) in [5, 5.41) is 18.1. The van der Waals surface area contributed by atoms with Crippen molar-refractivity contribution in [3.63, 3.8) is 0 Å². The lowest BCUT2D eigenvalue weighted by Crippen LogP contribution is -1.92. The van der Waals surface area contributed by atoms with Crippen LogP contribution in [0, 0.1) is 0 Å². The first kappa shape index (κ1) is 11.3. The van der Waals surface area contributed by atoms with Gasteiger partial charge >= 0.3 is 0 Å². The Balaban J connectivity index is 3.08. The molecule has 0 aliphatic carbocycles. The molecule has 1 rings (SSSR count). The molecule has 0 spiro atoms. The van der Waals surface area contributed by atoms with Gasteiger partial charge in [-0.1, -0.05) is 0 Å². The number of carbonyl (C=O) groups excluding carboxylic acids is 1. The molecule has 2 N–H and O–H groups in total. The molecule has 1 aromatic rings. The molecule has 0 bridgehead atoms. The molecule has 76 valence electrons. The lowest BCUT2D eigenvalue weighted by atomic mass is 10.1. The largest absolute Gasteiger partial charge is 0.507 e. The zero-order chi connectivity index (χ0) is 10.7. The zero-order valence-corrected chi connectivity index (χ0v) is 9.42. The van der Waals surface area contributed by atoms with Crippen LogP contribution in [0.15, 0.2) is 16.6 Å². The first-order chi connectivity index (χ1) is 6.56. The third-order valence-corrected chi connectivity index (χ3v) is 2.79. The average Bonchev–Trinajstić information content (AvgIpc) is 2.11. The minimum atomic E-state index is -0.579. The highest BCUT2D eigenvalue weighted by molar-refractivity contribution is 9.10. The first-order valence-electron chi connectivity index (χ1n) is 3.85. The fraction of sp³-hybridized carbons (Fsp3) is 0.222. The molecule has 0 heterocycles. The lowest BCUT2D eigenvalue weighted by molar-refractivity contribution is -0.107. The summed E-state index contributed by atoms with van der Waals surface area (Å²) in [6.07, 6.45) is 0.796. The second-order valence-corrected chi connectivity index (χ2v) is 4.11. The summed E-state index contributed by atoms with van der Waals surface area (Å²) in [4.78, 5) is 10.2. The highest BCUT2D eigenvalue weighted by atomic mass is 79.9. The number of carbonyl (C=O) groups is 1. The average molecular weight is 280 g/mol. The monoisotopic (exact) mass is 278 g/mol. The summed E-state index contributed by atoms with van der Waals surface area (Å²) < 4.78 is 0.432. The minimum Gasteiger partial charge on any atom is -0.507 e. The maximum absolute atomic E-state index is 10.2. The van der Waals surface area contributed by atoms with E-state index in [0.29, 0.717) is 16.3 Å². The zero-order valence-electron chi connectivity index (χ0n) is 7.08. The van der Waals surface area contributed by atoms with Crippen LogP contribution in [0.25, 0.3) is 0 Å². The van der Waals surface area contributed by atoms with E-state index in [1.807, 2.05) is 0 Å². The SMILES string of the molecule is O=CC[C@H](Cl)c1cc(Br)c(O)cc1O. The number of rotatable bonds is 3. The Bertz CT molecular complexity index is 354. The van der Waals surface area contributed by atoms with Crippen LogP contribution in [0.1, 0.15) is 17.4 Å². The molecule has 0 amide bonds. The van der Waals surface area contributed by atoms with Crippen molar-refractivity contribution in [2.24, 2.45) is 0 Å². The minimum absolute atomic E-state index is 0.0683. The Kier molecular flexibility index (Phi) is 3.77. The van der Waals surface area contributed by atoms with Gasteiger partial charge in [-0.25, -0.2) is 0 Å². The van der Waals surface area contributed by atoms with Gasteiger partial charge in [-0.3, -0.25) is 0 Å². The highest BCUT2D eigenvalue weighted by Crippen LogP contribution is 2.37. The van der Waals surface area contributed by atoms with Crippen molar-refractivity contribution in [1.82, 2.24) is 0 Å². The summed E-state index contributed by atoms with van der Waals surface area (Å²) in [5.74, 6) is -0.186. The Hall–Kier alpha value is -0.740. The molecule has 0 aromatic heterocycles. The molecule has 3 nitrogen and oxygen atoms in total. The Labute approximate surface area is 94.4 Å². The van der Waals surface area contributed by atoms with Crippen LogP contribution < -0.4 is 0 Å². The maximum atomic E-state index is 10.2. The summed E-state index contributed by atoms with van der Waals surface area (Å²) in [6.45, 7) is 0. The van der Waals surface area contributed by atoms with Crippen molar-refractivity contribution < 1.29 is 15.0 Å². The molecule has 0 aliphatic rings. The van der Waals surface area contributed by atoms with E-state index < -0.39 is 5.38 Å². The van der Waals surface area contributed by atoms with Gasteiger partial charge in [0.25, 0.3) is 0 Å². The van der Waals surface area contributed by atoms with Gasteiger partial charge in [0.05, 0.1) is 9.85 Å². The Morgan fingerprint density at radius 1 is 1.43 bits per heavy atom. The van der Waals surface area contributed by atoms with Gasteiger partial charge in [0, 0.05) is 18.1 Å². The summed E-state index contributed by atoms with van der Waals surface area (Å²) >= 11 is 8.93. The Morgan fingerprint density at radius 2 is 2.07 bits per heavy atom. The van der Waals surface area contributed by atoms with Gasteiger partial charge in [-0.2, -0.15) is 0 Å². The van der Waals surface area contributed by atoms with Gasteiger partial charge in [-0.15, -0.1) is 11.6 Å². The predicted octanol–water partition coefficient (Wildman–Crippen LogP) is 2.73. The lowest BCUT2D eigenvalue weighted by Gasteiger charge is -2.10. The first-order valence-corrected chi connectivity index (χ1v) is 5.08. The summed E-state index contributed by atoms with van der Waals surface area (Å²) in [7, 11) is 0. The summed E-state index contributed by atoms with van der Waals surface area (Å²) in [5.41, 5.74) is 0.420. The van der Waals surface area contributed by atoms with Gasteiger partial charge in [0.15, 0.2) is 0 Å². The van der Waals surface area contributed by atoms with Crippen LogP contribution in [0.4, 0.5) is 0 Å². The fourth-order valence-corrected chi connectivity index (χ4v) is 1.64. The number of aldehydes is 1. The van der Waals surface area contributed by atoms with E-state index in [-0.39, 0.29) is 17.9 Å². The molecule has 0 saturated heterocycles. The molecule has 0 fully saturated rings. The van der Waals surface area contributed by atoms with Crippen molar-refractivity contribution in [1.29, 1.82) is 0 Å². The molecule has 0 aliphatic heterocycles. The van der Waals surface area contributed by atoms with Crippen LogP contribution in [-0.4, -0.2) is 16.5 Å². The maximum Gasteiger partial charge on any atom is 0.133 e. The van der Waals surface area contributed by atoms with E-state index in [1.165, 1.54) is 12.1 Å². The number of halogens is 2. The van der Waals surface area contributed by atoms with E-state index in [4.69, 9.17) is 11.6 Å². The quantitative estimate of drug-likeness (QED) is 0.661. The Morgan fingerprint density at radius 3 is 2.64 bits per heavy atom. The standard InChI is InChI=1S/C9H8BrClO3/c10-6-3-5(7(11)1-2-12)8(13)4-9(6)14/h2-4,7,13-14H,1H2/t7-/m0/s1. The molecule has 1 atom stereocenters. The highest BCUT2D eigenvalue weighted by Gasteiger charge is 2.14. The van der Waals surface area contributed by atoms with Gasteiger partial charge in [0.1, 0.15) is 17.8 Å². The molecule has 0 saturated carbocycles. The summed E-state index contributed by atoms with van der Waals surface area (Å²) in [6, 6.07) is 2.67. The van der Waals surface area contributed by atoms with Crippen molar-refractivity contribution in [3.8, 4) is 11.5 Å². The fourth-order valence-electron chi connectivity index (χ4n) is 1.03. The number of aromatic hydroxyl groups is 2. The number of hydrogen-bond acceptors (Lipinski definition) is 3. The predicted molar refractivity (Wildman–Crippen MR) is 56.7 cm³/mol. The van der Waals surface area contributed by atoms with Crippen LogP contribution in [0.3, 0.4) is 0 Å². The number of hydrogen-bond donors (Lipinski definition) is 2. The van der Waals surface area contributed by atoms with Crippen molar-refractivity contribution in [2.45, 2.75) is 11.8 Å². The number of alkyl halides is 1. The van der Waals surface area contributed by atoms with E-state index >= 15 is 0 Å². The van der Waals surface area contributed by atoms with Crippen LogP contribution in [-0.2, 0) is 4.79 Å². The van der Waals surface area contributed by atoms with Crippen molar-refractivity contribution >= 4 is 33.8 Å². The van der Waals surface area contributed by atoms with E-state index in [1.54, 1.807) is 0 Å². The number of phenolic OH excluding ortho intramolecular Hbond substituents is 2. The van der Waals surface area contributed by atoms with Gasteiger partial charge < -0.3 is 15.0 Å². The third kappa shape index (κ3) is 2.39. The normalized spacial score (nSPS) is 12.4. The van der Waals surface area contributed by atoms with Crippen molar-refractivity contribution in [3.05, 3.63) is 22.2 Å². The number of phenols is 2.